The summed E-state index contributed by atoms with van der Waals surface area (Å²) in [5.41, 5.74) is 4.82. The molecule has 0 aliphatic heterocycles. The Balaban J connectivity index is 1.93. The van der Waals surface area contributed by atoms with Gasteiger partial charge in [-0.2, -0.15) is 0 Å². The highest BCUT2D eigenvalue weighted by Gasteiger charge is 2.29. The summed E-state index contributed by atoms with van der Waals surface area (Å²) in [6.07, 6.45) is 2.65. The normalized spacial score (nSPS) is 12.3. The molecule has 4 aromatic rings. The van der Waals surface area contributed by atoms with E-state index >= 15 is 0 Å². The summed E-state index contributed by atoms with van der Waals surface area (Å²) in [5, 5.41) is 3.28. The first kappa shape index (κ1) is 20.0. The summed E-state index contributed by atoms with van der Waals surface area (Å²) in [6.45, 7) is 18.4. The van der Waals surface area contributed by atoms with Crippen molar-refractivity contribution in [2.24, 2.45) is 5.41 Å². The van der Waals surface area contributed by atoms with Gasteiger partial charge in [0, 0.05) is 30.4 Å². The van der Waals surface area contributed by atoms with Gasteiger partial charge >= 0.3 is 0 Å². The SMILES string of the molecule is [C-]#[N+]C(C)(C)c1cc(-c2ncnc3cc(CC(C)(C)C)ccc23)cc2ccccc12. The lowest BCUT2D eigenvalue weighted by atomic mass is 9.86. The third-order valence-corrected chi connectivity index (χ3v) is 5.51. The van der Waals surface area contributed by atoms with Gasteiger partial charge in [-0.25, -0.2) is 16.5 Å². The topological polar surface area (TPSA) is 30.1 Å². The summed E-state index contributed by atoms with van der Waals surface area (Å²) < 4.78 is 0. The molecule has 0 fully saturated rings. The molecule has 0 unspecified atom stereocenters. The monoisotopic (exact) mass is 393 g/mol. The Kier molecular flexibility index (Phi) is 4.82. The lowest BCUT2D eigenvalue weighted by molar-refractivity contribution is 0.411. The van der Waals surface area contributed by atoms with Gasteiger partial charge in [0.2, 0.25) is 0 Å². The molecule has 0 amide bonds. The molecule has 0 bridgehead atoms. The summed E-state index contributed by atoms with van der Waals surface area (Å²) in [6, 6.07) is 19.1. The number of aromatic nitrogens is 2. The highest BCUT2D eigenvalue weighted by atomic mass is 14.8. The van der Waals surface area contributed by atoms with Crippen molar-refractivity contribution in [3.63, 3.8) is 0 Å². The number of fused-ring (bicyclic) bond motifs is 2. The number of benzene rings is 3. The van der Waals surface area contributed by atoms with Crippen LogP contribution in [0, 0.1) is 12.0 Å². The highest BCUT2D eigenvalue weighted by molar-refractivity contribution is 5.97. The van der Waals surface area contributed by atoms with Gasteiger partial charge in [0.1, 0.15) is 6.33 Å². The zero-order valence-corrected chi connectivity index (χ0v) is 18.3. The van der Waals surface area contributed by atoms with Crippen LogP contribution in [0.5, 0.6) is 0 Å². The molecule has 0 saturated heterocycles. The number of hydrogen-bond donors (Lipinski definition) is 0. The van der Waals surface area contributed by atoms with Crippen LogP contribution in [0.15, 0.2) is 60.9 Å². The van der Waals surface area contributed by atoms with Crippen LogP contribution < -0.4 is 0 Å². The van der Waals surface area contributed by atoms with Gasteiger partial charge < -0.3 is 4.85 Å². The molecule has 0 spiro atoms. The summed E-state index contributed by atoms with van der Waals surface area (Å²) in [5.74, 6) is 0. The molecule has 0 saturated carbocycles. The van der Waals surface area contributed by atoms with Crippen LogP contribution in [0.3, 0.4) is 0 Å². The van der Waals surface area contributed by atoms with E-state index in [1.807, 2.05) is 26.0 Å². The molecule has 4 rings (SSSR count). The Bertz CT molecular complexity index is 1290. The van der Waals surface area contributed by atoms with Gasteiger partial charge in [-0.3, -0.25) is 0 Å². The second kappa shape index (κ2) is 7.22. The fourth-order valence-electron chi connectivity index (χ4n) is 4.07. The fourth-order valence-corrected chi connectivity index (χ4v) is 4.07. The van der Waals surface area contributed by atoms with Gasteiger partial charge in [-0.15, -0.1) is 0 Å². The second-order valence-electron chi connectivity index (χ2n) is 9.73. The van der Waals surface area contributed by atoms with E-state index in [0.29, 0.717) is 0 Å². The zero-order valence-electron chi connectivity index (χ0n) is 18.3. The molecule has 0 N–H and O–H groups in total. The van der Waals surface area contributed by atoms with E-state index in [4.69, 9.17) is 6.57 Å². The molecule has 0 atom stereocenters. The number of rotatable bonds is 3. The minimum absolute atomic E-state index is 0.224. The lowest BCUT2D eigenvalue weighted by Crippen LogP contribution is -2.12. The predicted molar refractivity (Wildman–Crippen MR) is 125 cm³/mol. The molecule has 0 radical (unpaired) electrons. The summed E-state index contributed by atoms with van der Waals surface area (Å²) in [7, 11) is 0. The van der Waals surface area contributed by atoms with Crippen LogP contribution in [0.2, 0.25) is 0 Å². The average molecular weight is 394 g/mol. The number of nitrogens with zero attached hydrogens (tertiary/aromatic N) is 3. The predicted octanol–water partition coefficient (Wildman–Crippen LogP) is 7.19. The molecular formula is C27H27N3. The quantitative estimate of drug-likeness (QED) is 0.345. The molecule has 0 aliphatic carbocycles. The Morgan fingerprint density at radius 2 is 1.63 bits per heavy atom. The van der Waals surface area contributed by atoms with E-state index in [9.17, 15) is 0 Å². The maximum Gasteiger partial charge on any atom is 0.252 e. The first-order valence-electron chi connectivity index (χ1n) is 10.3. The van der Waals surface area contributed by atoms with Crippen molar-refractivity contribution >= 4 is 21.7 Å². The van der Waals surface area contributed by atoms with E-state index in [1.165, 1.54) is 5.56 Å². The van der Waals surface area contributed by atoms with Crippen LogP contribution in [-0.4, -0.2) is 9.97 Å². The molecule has 3 nitrogen and oxygen atoms in total. The van der Waals surface area contributed by atoms with E-state index in [0.717, 1.165) is 44.9 Å². The molecule has 1 heterocycles. The van der Waals surface area contributed by atoms with Crippen molar-refractivity contribution in [2.75, 3.05) is 0 Å². The average Bonchev–Trinajstić information content (AvgIpc) is 2.71. The Morgan fingerprint density at radius 1 is 0.867 bits per heavy atom. The van der Waals surface area contributed by atoms with Gasteiger partial charge in [0.15, 0.2) is 0 Å². The number of hydrogen-bond acceptors (Lipinski definition) is 2. The smallest absolute Gasteiger partial charge is 0.252 e. The van der Waals surface area contributed by atoms with Gasteiger partial charge in [-0.05, 0) is 46.4 Å². The first-order chi connectivity index (χ1) is 14.2. The standard InChI is InChI=1S/C27H27N3/c1-26(2,3)16-18-11-12-22-24(13-18)29-17-30-25(22)20-14-19-9-7-8-10-21(19)23(15-20)27(4,5)28-6/h7-15,17H,16H2,1-5H3. The van der Waals surface area contributed by atoms with E-state index in [1.54, 1.807) is 6.33 Å². The fraction of sp³-hybridized carbons (Fsp3) is 0.296. The van der Waals surface area contributed by atoms with Gasteiger partial charge in [-0.1, -0.05) is 57.2 Å². The van der Waals surface area contributed by atoms with Crippen LogP contribution in [0.1, 0.15) is 45.7 Å². The van der Waals surface area contributed by atoms with E-state index in [2.05, 4.69) is 78.0 Å². The molecular weight excluding hydrogens is 366 g/mol. The van der Waals surface area contributed by atoms with E-state index < -0.39 is 5.54 Å². The summed E-state index contributed by atoms with van der Waals surface area (Å²) >= 11 is 0. The minimum Gasteiger partial charge on any atom is -0.306 e. The van der Waals surface area contributed by atoms with Crippen molar-refractivity contribution in [3.05, 3.63) is 83.5 Å². The molecule has 0 aliphatic rings. The molecule has 30 heavy (non-hydrogen) atoms. The van der Waals surface area contributed by atoms with Crippen LogP contribution in [0.4, 0.5) is 0 Å². The van der Waals surface area contributed by atoms with Gasteiger partial charge in [0.25, 0.3) is 5.54 Å². The zero-order chi connectivity index (χ0) is 21.5. The third-order valence-electron chi connectivity index (χ3n) is 5.51. The maximum atomic E-state index is 7.72. The van der Waals surface area contributed by atoms with Crippen LogP contribution in [-0.2, 0) is 12.0 Å². The van der Waals surface area contributed by atoms with Crippen molar-refractivity contribution < 1.29 is 0 Å². The Morgan fingerprint density at radius 3 is 2.37 bits per heavy atom. The maximum absolute atomic E-state index is 7.72. The molecule has 150 valence electrons. The molecule has 3 heteroatoms. The van der Waals surface area contributed by atoms with Crippen LogP contribution >= 0.6 is 0 Å². The van der Waals surface area contributed by atoms with Gasteiger partial charge in [0.05, 0.1) is 11.2 Å². The van der Waals surface area contributed by atoms with Crippen molar-refractivity contribution in [1.29, 1.82) is 0 Å². The van der Waals surface area contributed by atoms with Crippen molar-refractivity contribution in [2.45, 2.75) is 46.6 Å². The second-order valence-corrected chi connectivity index (χ2v) is 9.73. The minimum atomic E-state index is -0.613. The Hall–Kier alpha value is -3.25. The Labute approximate surface area is 178 Å². The van der Waals surface area contributed by atoms with Crippen molar-refractivity contribution in [1.82, 2.24) is 9.97 Å². The van der Waals surface area contributed by atoms with Crippen molar-refractivity contribution in [3.8, 4) is 11.3 Å². The van der Waals surface area contributed by atoms with Crippen LogP contribution in [0.25, 0.3) is 37.8 Å². The molecule has 3 aromatic carbocycles. The lowest BCUT2D eigenvalue weighted by Gasteiger charge is -2.19. The van der Waals surface area contributed by atoms with E-state index in [-0.39, 0.29) is 5.41 Å². The third kappa shape index (κ3) is 3.78. The largest absolute Gasteiger partial charge is 0.306 e. The summed E-state index contributed by atoms with van der Waals surface area (Å²) in [4.78, 5) is 13.1. The molecule has 1 aromatic heterocycles. The highest BCUT2D eigenvalue weighted by Crippen LogP contribution is 2.37. The first-order valence-corrected chi connectivity index (χ1v) is 10.3.